The van der Waals surface area contributed by atoms with Crippen molar-refractivity contribution in [2.45, 2.75) is 64.3 Å². The van der Waals surface area contributed by atoms with E-state index in [1.54, 1.807) is 5.43 Å². The Morgan fingerprint density at radius 1 is 1.22 bits per heavy atom. The van der Waals surface area contributed by atoms with Crippen LogP contribution >= 0.6 is 0 Å². The van der Waals surface area contributed by atoms with Crippen molar-refractivity contribution < 1.29 is 9.83 Å². The first-order chi connectivity index (χ1) is 11.0. The summed E-state index contributed by atoms with van der Waals surface area (Å²) in [5.41, 5.74) is 12.8. The first-order valence-electron chi connectivity index (χ1n) is 8.21. The summed E-state index contributed by atoms with van der Waals surface area (Å²) in [6.45, 7) is 3.11. The number of nitrogens with zero attached hydrogens (tertiary/aromatic N) is 2. The molecule has 23 heavy (non-hydrogen) atoms. The van der Waals surface area contributed by atoms with Crippen molar-refractivity contribution in [2.24, 2.45) is 16.5 Å². The maximum Gasteiger partial charge on any atom is 0.251 e. The second kappa shape index (κ2) is 13.7. The molecular formula is C14H30N6O3. The van der Waals surface area contributed by atoms with Gasteiger partial charge in [0.1, 0.15) is 0 Å². The van der Waals surface area contributed by atoms with E-state index >= 15 is 0 Å². The number of rotatable bonds is 13. The van der Waals surface area contributed by atoms with Gasteiger partial charge in [0.25, 0.3) is 5.96 Å². The third-order valence-corrected chi connectivity index (χ3v) is 3.33. The van der Waals surface area contributed by atoms with Gasteiger partial charge in [-0.2, -0.15) is 0 Å². The van der Waals surface area contributed by atoms with Crippen LogP contribution in [0.5, 0.6) is 0 Å². The number of aliphatic imine (C=N–C) groups is 1. The molecule has 9 nitrogen and oxygen atoms in total. The largest absolute Gasteiger partial charge is 0.365 e. The summed E-state index contributed by atoms with van der Waals surface area (Å²) in [5.74, 6) is -0.421. The third-order valence-electron chi connectivity index (χ3n) is 3.33. The first-order valence-corrected chi connectivity index (χ1v) is 8.21. The molecule has 0 aliphatic carbocycles. The fourth-order valence-corrected chi connectivity index (χ4v) is 2.02. The molecule has 0 aliphatic rings. The Hall–Kier alpha value is -1.90. The van der Waals surface area contributed by atoms with Crippen LogP contribution in [-0.4, -0.2) is 36.0 Å². The number of amides is 1. The zero-order chi connectivity index (χ0) is 17.5. The molecule has 0 fully saturated rings. The monoisotopic (exact) mass is 330 g/mol. The number of unbranched alkanes of at least 4 members (excludes halogenated alkanes) is 5. The number of nitro groups is 1. The number of hydrogen-bond donors (Lipinski definition) is 4. The minimum Gasteiger partial charge on any atom is -0.365 e. The predicted molar refractivity (Wildman–Crippen MR) is 90.2 cm³/mol. The van der Waals surface area contributed by atoms with Gasteiger partial charge in [0, 0.05) is 13.1 Å². The highest BCUT2D eigenvalue weighted by Crippen LogP contribution is 2.04. The van der Waals surface area contributed by atoms with Gasteiger partial charge in [0.05, 0.1) is 6.04 Å². The maximum atomic E-state index is 11.8. The van der Waals surface area contributed by atoms with Crippen LogP contribution in [0, 0.1) is 10.1 Å². The molecule has 0 bridgehead atoms. The van der Waals surface area contributed by atoms with Crippen LogP contribution in [0.15, 0.2) is 4.99 Å². The molecule has 0 rings (SSSR count). The molecule has 0 aromatic carbocycles. The lowest BCUT2D eigenvalue weighted by molar-refractivity contribution is -0.525. The summed E-state index contributed by atoms with van der Waals surface area (Å²) in [4.78, 5) is 25.6. The normalized spacial score (nSPS) is 12.7. The van der Waals surface area contributed by atoms with E-state index in [2.05, 4.69) is 17.2 Å². The first kappa shape index (κ1) is 21.1. The number of carbonyl (C=O) groups is 1. The molecule has 1 atom stereocenters. The van der Waals surface area contributed by atoms with Crippen LogP contribution in [0.1, 0.15) is 58.3 Å². The van der Waals surface area contributed by atoms with E-state index in [1.165, 1.54) is 25.7 Å². The molecule has 0 saturated heterocycles. The number of hydrogen-bond acceptors (Lipinski definition) is 5. The minimum atomic E-state index is -0.778. The molecule has 6 N–H and O–H groups in total. The number of carbonyl (C=O) groups excluding carboxylic acids is 1. The smallest absolute Gasteiger partial charge is 0.251 e. The van der Waals surface area contributed by atoms with E-state index in [9.17, 15) is 14.9 Å². The van der Waals surface area contributed by atoms with E-state index in [-0.39, 0.29) is 18.4 Å². The Balaban J connectivity index is 3.64. The van der Waals surface area contributed by atoms with Gasteiger partial charge in [-0.15, -0.1) is 0 Å². The third kappa shape index (κ3) is 13.5. The standard InChI is InChI=1S/C14H30N6O3/c1-2-3-4-5-6-7-10-17-13(21)12(15)9-8-11-18-14(16)19-20(22)23/h12H,2-11,15H2,1H3,(H,17,21)(H3,16,18,19)/t12-/m0/s1. The Kier molecular flexibility index (Phi) is 12.6. The highest BCUT2D eigenvalue weighted by atomic mass is 16.7. The molecule has 0 spiro atoms. The Morgan fingerprint density at radius 3 is 2.52 bits per heavy atom. The SMILES string of the molecule is CCCCCCCCNC(=O)[C@@H](N)CCCN=C(N)N[N+](=O)[O-]. The van der Waals surface area contributed by atoms with Crippen molar-refractivity contribution in [1.82, 2.24) is 10.7 Å². The number of nitrogens with one attached hydrogen (secondary N) is 2. The highest BCUT2D eigenvalue weighted by molar-refractivity contribution is 5.81. The van der Waals surface area contributed by atoms with Crippen LogP contribution in [0.2, 0.25) is 0 Å². The van der Waals surface area contributed by atoms with Crippen LogP contribution in [0.25, 0.3) is 0 Å². The Bertz CT molecular complexity index is 376. The van der Waals surface area contributed by atoms with Gasteiger partial charge in [-0.1, -0.05) is 44.5 Å². The lowest BCUT2D eigenvalue weighted by atomic mass is 10.1. The van der Waals surface area contributed by atoms with Gasteiger partial charge in [-0.25, -0.2) is 15.1 Å². The summed E-state index contributed by atoms with van der Waals surface area (Å²) in [5, 5.41) is 12.1. The van der Waals surface area contributed by atoms with Gasteiger partial charge in [-0.05, 0) is 19.3 Å². The molecule has 0 aromatic heterocycles. The molecule has 0 aliphatic heterocycles. The maximum absolute atomic E-state index is 11.8. The van der Waals surface area contributed by atoms with Crippen molar-refractivity contribution in [3.05, 3.63) is 10.1 Å². The number of guanidine groups is 1. The van der Waals surface area contributed by atoms with Crippen LogP contribution < -0.4 is 22.2 Å². The lowest BCUT2D eigenvalue weighted by Gasteiger charge is -2.11. The fraction of sp³-hybridized carbons (Fsp3) is 0.857. The predicted octanol–water partition coefficient (Wildman–Crippen LogP) is 0.667. The van der Waals surface area contributed by atoms with Gasteiger partial charge in [-0.3, -0.25) is 4.79 Å². The Labute approximate surface area is 137 Å². The minimum absolute atomic E-state index is 0.168. The second-order valence-electron chi connectivity index (χ2n) is 5.44. The molecule has 9 heteroatoms. The summed E-state index contributed by atoms with van der Waals surface area (Å²) in [6.07, 6.45) is 8.02. The molecule has 1 amide bonds. The highest BCUT2D eigenvalue weighted by Gasteiger charge is 2.12. The molecule has 0 radical (unpaired) electrons. The number of hydrazine groups is 1. The summed E-state index contributed by atoms with van der Waals surface area (Å²) < 4.78 is 0. The lowest BCUT2D eigenvalue weighted by Crippen LogP contribution is -2.41. The van der Waals surface area contributed by atoms with E-state index in [4.69, 9.17) is 11.5 Å². The van der Waals surface area contributed by atoms with Crippen molar-refractivity contribution >= 4 is 11.9 Å². The summed E-state index contributed by atoms with van der Waals surface area (Å²) in [7, 11) is 0. The topological polar surface area (TPSA) is 149 Å². The second-order valence-corrected chi connectivity index (χ2v) is 5.44. The molecule has 0 heterocycles. The Morgan fingerprint density at radius 2 is 1.87 bits per heavy atom. The van der Waals surface area contributed by atoms with Gasteiger partial charge >= 0.3 is 0 Å². The van der Waals surface area contributed by atoms with Crippen molar-refractivity contribution in [3.8, 4) is 0 Å². The van der Waals surface area contributed by atoms with Crippen molar-refractivity contribution in [3.63, 3.8) is 0 Å². The number of nitrogens with two attached hydrogens (primary N) is 2. The molecule has 0 saturated carbocycles. The quantitative estimate of drug-likeness (QED) is 0.128. The molecule has 134 valence electrons. The van der Waals surface area contributed by atoms with Crippen LogP contribution in [0.4, 0.5) is 0 Å². The fourth-order valence-electron chi connectivity index (χ4n) is 2.02. The zero-order valence-corrected chi connectivity index (χ0v) is 13.9. The van der Waals surface area contributed by atoms with Gasteiger partial charge in [0.2, 0.25) is 5.91 Å². The summed E-state index contributed by atoms with van der Waals surface area (Å²) >= 11 is 0. The van der Waals surface area contributed by atoms with Crippen LogP contribution in [0.3, 0.4) is 0 Å². The van der Waals surface area contributed by atoms with E-state index < -0.39 is 11.1 Å². The zero-order valence-electron chi connectivity index (χ0n) is 13.9. The molecular weight excluding hydrogens is 300 g/mol. The van der Waals surface area contributed by atoms with Crippen molar-refractivity contribution in [1.29, 1.82) is 0 Å². The summed E-state index contributed by atoms with van der Waals surface area (Å²) in [6, 6.07) is -0.588. The average Bonchev–Trinajstić information content (AvgIpc) is 2.49. The van der Waals surface area contributed by atoms with E-state index in [0.29, 0.717) is 19.4 Å². The van der Waals surface area contributed by atoms with E-state index in [0.717, 1.165) is 12.8 Å². The van der Waals surface area contributed by atoms with Crippen molar-refractivity contribution in [2.75, 3.05) is 13.1 Å². The molecule has 0 aromatic rings. The van der Waals surface area contributed by atoms with Gasteiger partial charge in [0.15, 0.2) is 5.03 Å². The van der Waals surface area contributed by atoms with Crippen LogP contribution in [-0.2, 0) is 4.79 Å². The molecule has 0 unspecified atom stereocenters. The average molecular weight is 330 g/mol. The van der Waals surface area contributed by atoms with E-state index in [1.807, 2.05) is 0 Å². The van der Waals surface area contributed by atoms with Gasteiger partial charge < -0.3 is 16.8 Å².